The number of fused-ring (bicyclic) bond motifs is 3. The van der Waals surface area contributed by atoms with Crippen molar-refractivity contribution in [2.24, 2.45) is 0 Å². The van der Waals surface area contributed by atoms with Crippen molar-refractivity contribution in [3.63, 3.8) is 0 Å². The molecule has 0 aliphatic rings. The lowest BCUT2D eigenvalue weighted by Gasteiger charge is -2.18. The number of carbonyl (C=O) groups excluding carboxylic acids is 2. The van der Waals surface area contributed by atoms with Gasteiger partial charge in [-0.3, -0.25) is 19.0 Å². The lowest BCUT2D eigenvalue weighted by molar-refractivity contribution is -0.155. The molecule has 0 spiro atoms. The van der Waals surface area contributed by atoms with Gasteiger partial charge in [0.2, 0.25) is 29.1 Å². The Labute approximate surface area is 650 Å². The molecule has 106 heavy (non-hydrogen) atoms. The minimum atomic E-state index is -3.40. The normalized spacial score (nSPS) is 11.7. The third-order valence-corrected chi connectivity index (χ3v) is 19.4. The summed E-state index contributed by atoms with van der Waals surface area (Å²) < 4.78 is 130. The zero-order valence-electron chi connectivity index (χ0n) is 58.2. The van der Waals surface area contributed by atoms with E-state index in [0.29, 0.717) is 127 Å². The number of benzene rings is 9. The van der Waals surface area contributed by atoms with Gasteiger partial charge in [-0.15, -0.1) is 35.1 Å². The number of halogens is 8. The molecule has 3 heterocycles. The number of carbonyl (C=O) groups is 2. The van der Waals surface area contributed by atoms with Gasteiger partial charge in [0, 0.05) is 78.8 Å². The van der Waals surface area contributed by atoms with Gasteiger partial charge in [0.05, 0.1) is 62.3 Å². The Bertz CT molecular complexity index is 5580. The standard InChI is InChI=1S/C27H26ClFN2O4S2.C26H24ClFN2O2S.C21H17ClFN3O2S2.CH3ClO2S.ClH/c1-27(2,3)35-23(32)15-22-30-26-21(36-22)14-18(25(29)24(26)17-6-5-7-19(28)13-17)12-16-8-10-20(11-9-16)31-37(4,33)34;1-26(2,3)32-22(31)14-21-30-25-20(33-21)13-17(11-15-7-9-19(29)10-8-15)24(28)23(25)16-5-4-6-18(27)12-16;1-30(27,28)26-16-7-5-12(6-8-16)9-14-11-17-20(25-21(24)29-17)18(19(14)23)13-3-2-4-15(22)10-13;1-5(2,3)4;/h5-11,13-14,31H,12,15H2,1-4H3;4-10,12-13H,11,14,29H2,1-3H3;2-8,10-11,26H,9H2,1H3,(H2,24,25);1H3;1H. The molecule has 12 aromatic rings. The van der Waals surface area contributed by atoms with Crippen LogP contribution in [0.1, 0.15) is 84.9 Å². The van der Waals surface area contributed by atoms with Crippen molar-refractivity contribution in [1.29, 1.82) is 0 Å². The van der Waals surface area contributed by atoms with Crippen LogP contribution in [0.25, 0.3) is 64.0 Å². The van der Waals surface area contributed by atoms with Crippen LogP contribution in [0, 0.1) is 17.5 Å². The Kier molecular flexibility index (Phi) is 27.5. The topological polar surface area (TPSA) is 270 Å². The van der Waals surface area contributed by atoms with E-state index < -0.39 is 52.1 Å². The lowest BCUT2D eigenvalue weighted by atomic mass is 9.97. The molecule has 17 nitrogen and oxygen atoms in total. The van der Waals surface area contributed by atoms with Gasteiger partial charge >= 0.3 is 11.9 Å². The van der Waals surface area contributed by atoms with Crippen molar-refractivity contribution in [3.05, 3.63) is 240 Å². The fourth-order valence-electron chi connectivity index (χ4n) is 10.8. The van der Waals surface area contributed by atoms with Crippen molar-refractivity contribution in [1.82, 2.24) is 15.0 Å². The largest absolute Gasteiger partial charge is 0.460 e. The SMILES string of the molecule is CC(C)(C)OC(=O)Cc1nc2c(-c3cccc(Cl)c3)c(F)c(Cc3ccc(N)cc3)cc2s1.CC(C)(C)OC(=O)Cc1nc2c(-c3cccc(Cl)c3)c(F)c(Cc3ccc(NS(C)(=O)=O)cc3)cc2s1.CS(=O)(=O)Cl.CS(=O)(=O)Nc1ccc(Cc2cc3sc(N)nc3c(-c3cccc(Cl)c3)c2F)cc1.Cl. The Morgan fingerprint density at radius 2 is 0.755 bits per heavy atom. The summed E-state index contributed by atoms with van der Waals surface area (Å²) in [6.07, 6.45) is 4.10. The molecule has 9 aromatic carbocycles. The molecule has 6 N–H and O–H groups in total. The van der Waals surface area contributed by atoms with Crippen LogP contribution in [0.5, 0.6) is 0 Å². The first-order chi connectivity index (χ1) is 49.0. The van der Waals surface area contributed by atoms with Crippen molar-refractivity contribution in [3.8, 4) is 33.4 Å². The van der Waals surface area contributed by atoms with Crippen molar-refractivity contribution < 1.29 is 57.5 Å². The lowest BCUT2D eigenvalue weighted by Crippen LogP contribution is -2.24. The maximum Gasteiger partial charge on any atom is 0.313 e. The Morgan fingerprint density at radius 1 is 0.462 bits per heavy atom. The van der Waals surface area contributed by atoms with E-state index in [1.165, 1.54) is 34.0 Å². The van der Waals surface area contributed by atoms with Crippen LogP contribution < -0.4 is 20.9 Å². The molecule has 0 radical (unpaired) electrons. The summed E-state index contributed by atoms with van der Waals surface area (Å²) in [5, 5.41) is 2.94. The minimum absolute atomic E-state index is 0. The number of aromatic nitrogens is 3. The monoisotopic (exact) mass is 1650 g/mol. The van der Waals surface area contributed by atoms with Crippen LogP contribution in [0.2, 0.25) is 15.1 Å². The van der Waals surface area contributed by atoms with Crippen LogP contribution in [0.3, 0.4) is 0 Å². The molecule has 0 bridgehead atoms. The maximum atomic E-state index is 16.0. The second-order valence-electron chi connectivity index (χ2n) is 26.1. The number of nitrogens with two attached hydrogens (primary N) is 2. The van der Waals surface area contributed by atoms with Gasteiger partial charge in [-0.25, -0.2) is 53.4 Å². The number of sulfonamides is 2. The maximum absolute atomic E-state index is 16.0. The first kappa shape index (κ1) is 83.5. The van der Waals surface area contributed by atoms with E-state index in [-0.39, 0.29) is 49.3 Å². The summed E-state index contributed by atoms with van der Waals surface area (Å²) >= 11 is 22.5. The molecule has 0 aliphatic heterocycles. The third kappa shape index (κ3) is 24.5. The van der Waals surface area contributed by atoms with E-state index in [1.54, 1.807) is 160 Å². The molecule has 3 aromatic heterocycles. The quantitative estimate of drug-likeness (QED) is 0.0375. The molecule has 558 valence electrons. The van der Waals surface area contributed by atoms with E-state index in [9.17, 15) is 34.8 Å². The van der Waals surface area contributed by atoms with Gasteiger partial charge in [-0.05, 0) is 183 Å². The molecule has 0 atom stereocenters. The van der Waals surface area contributed by atoms with Gasteiger partial charge in [0.15, 0.2) is 5.13 Å². The number of nitrogen functional groups attached to an aromatic ring is 2. The Morgan fingerprint density at radius 3 is 1.05 bits per heavy atom. The fourth-order valence-corrected chi connectivity index (χ4v) is 15.3. The van der Waals surface area contributed by atoms with E-state index in [2.05, 4.69) is 35.1 Å². The minimum Gasteiger partial charge on any atom is -0.460 e. The zero-order valence-corrected chi connectivity index (χ0v) is 66.9. The fraction of sp³-hybridized carbons (Fsp3) is 0.213. The average Bonchev–Trinajstić information content (AvgIpc) is 1.64. The van der Waals surface area contributed by atoms with Gasteiger partial charge in [-0.2, -0.15) is 0 Å². The Hall–Kier alpha value is -8.12. The van der Waals surface area contributed by atoms with Crippen LogP contribution in [-0.2, 0) is 80.3 Å². The first-order valence-electron chi connectivity index (χ1n) is 31.7. The molecule has 0 aliphatic carbocycles. The smallest absolute Gasteiger partial charge is 0.313 e. The number of hydrogen-bond acceptors (Lipinski definition) is 18. The predicted molar refractivity (Wildman–Crippen MR) is 431 cm³/mol. The molecule has 0 saturated carbocycles. The number of hydrogen-bond donors (Lipinski definition) is 4. The summed E-state index contributed by atoms with van der Waals surface area (Å²) in [6, 6.07) is 47.2. The number of nitrogens with one attached hydrogen (secondary N) is 2. The number of nitrogens with zero attached hydrogens (tertiary/aromatic N) is 3. The van der Waals surface area contributed by atoms with E-state index in [0.717, 1.165) is 49.6 Å². The number of thiazole rings is 3. The average molecular weight is 1660 g/mol. The molecule has 12 rings (SSSR count). The zero-order chi connectivity index (χ0) is 76.7. The second-order valence-corrected chi connectivity index (χ2v) is 37.3. The Balaban J connectivity index is 0.000000194. The molecule has 0 saturated heterocycles. The van der Waals surface area contributed by atoms with Crippen LogP contribution >= 0.6 is 91.9 Å². The number of ether oxygens (including phenoxy) is 2. The first-order valence-corrected chi connectivity index (χ1v) is 41.8. The number of rotatable bonds is 17. The highest BCUT2D eigenvalue weighted by Gasteiger charge is 2.26. The van der Waals surface area contributed by atoms with Crippen LogP contribution in [-0.4, -0.2) is 82.1 Å². The summed E-state index contributed by atoms with van der Waals surface area (Å²) in [5.74, 6) is -1.93. The predicted octanol–water partition coefficient (Wildman–Crippen LogP) is 19.3. The number of esters is 2. The van der Waals surface area contributed by atoms with E-state index >= 15 is 13.2 Å². The van der Waals surface area contributed by atoms with Crippen LogP contribution in [0.15, 0.2) is 164 Å². The van der Waals surface area contributed by atoms with E-state index in [1.807, 2.05) is 45.0 Å². The van der Waals surface area contributed by atoms with Gasteiger partial charge < -0.3 is 20.9 Å². The highest BCUT2D eigenvalue weighted by molar-refractivity contribution is 8.13. The molecule has 0 unspecified atom stereocenters. The highest BCUT2D eigenvalue weighted by atomic mass is 35.7. The summed E-state index contributed by atoms with van der Waals surface area (Å²) in [7, 11) is -5.44. The van der Waals surface area contributed by atoms with Crippen molar-refractivity contribution in [2.45, 2.75) is 84.8 Å². The van der Waals surface area contributed by atoms with Gasteiger partial charge in [0.1, 0.15) is 38.7 Å². The van der Waals surface area contributed by atoms with Gasteiger partial charge in [-0.1, -0.05) is 119 Å². The molecule has 0 fully saturated rings. The summed E-state index contributed by atoms with van der Waals surface area (Å²) in [5.41, 5.74) is 20.5. The number of anilines is 4. The molecular formula is C75H71Cl5F3N7O10S6. The molecule has 0 amide bonds. The molecular weight excluding hydrogens is 1590 g/mol. The van der Waals surface area contributed by atoms with E-state index in [4.69, 9.17) is 55.7 Å². The molecule has 31 heteroatoms. The van der Waals surface area contributed by atoms with Crippen molar-refractivity contribution in [2.75, 3.05) is 39.7 Å². The third-order valence-electron chi connectivity index (χ3n) is 14.6. The van der Waals surface area contributed by atoms with Crippen LogP contribution in [0.4, 0.5) is 35.4 Å². The highest BCUT2D eigenvalue weighted by Crippen LogP contribution is 2.42. The van der Waals surface area contributed by atoms with Crippen molar-refractivity contribution >= 4 is 186 Å². The van der Waals surface area contributed by atoms with Gasteiger partial charge in [0.25, 0.3) is 0 Å². The summed E-state index contributed by atoms with van der Waals surface area (Å²) in [4.78, 5) is 38.3. The second kappa shape index (κ2) is 34.8. The summed E-state index contributed by atoms with van der Waals surface area (Å²) in [6.45, 7) is 10.8.